The van der Waals surface area contributed by atoms with Gasteiger partial charge >= 0.3 is 140 Å². The molecule has 0 aliphatic rings. The molecule has 0 heterocycles. The van der Waals surface area contributed by atoms with Crippen molar-refractivity contribution in [1.82, 2.24) is 0 Å². The summed E-state index contributed by atoms with van der Waals surface area (Å²) in [6, 6.07) is 0. The molecule has 1 radical (unpaired) electrons. The molecule has 49 valence electrons. The number of rotatable bonds is 0. The minimum Gasteiger partial charge on any atom is -2.00 e. The molecule has 0 spiro atoms. The quantitative estimate of drug-likeness (QED) is 0.374. The fraction of sp³-hybridized carbons (Fsp3) is 0. The van der Waals surface area contributed by atoms with Crippen LogP contribution in [0.2, 0.25) is 0 Å². The molecule has 0 aliphatic carbocycles. The van der Waals surface area contributed by atoms with E-state index in [0.717, 1.165) is 0 Å². The fourth-order valence-corrected chi connectivity index (χ4v) is 0. The van der Waals surface area contributed by atoms with Crippen molar-refractivity contribution < 1.29 is 118 Å². The van der Waals surface area contributed by atoms with Crippen LogP contribution in [-0.4, -0.2) is 48.9 Å². The number of hydrogen-bond acceptors (Lipinski definition) is 0. The minimum atomic E-state index is 0. The van der Waals surface area contributed by atoms with Crippen LogP contribution in [-0.2, 0) is 76.6 Å². The Hall–Kier alpha value is 4.35. The first-order valence-electron chi connectivity index (χ1n) is 0. The minimum absolute atomic E-state index is 0. The summed E-state index contributed by atoms with van der Waals surface area (Å²) in [6.07, 6.45) is 0. The molecule has 0 saturated heterocycles. The van der Waals surface area contributed by atoms with Gasteiger partial charge in [-0.25, -0.2) is 0 Å². The molecular formula is BaCeNiO5Y. The van der Waals surface area contributed by atoms with Crippen LogP contribution in [0.15, 0.2) is 0 Å². The first-order chi connectivity index (χ1) is 0. The molecule has 0 saturated carbocycles. The molecule has 9 heavy (non-hydrogen) atoms. The van der Waals surface area contributed by atoms with E-state index in [0.29, 0.717) is 0 Å². The molecule has 0 rings (SSSR count). The van der Waals surface area contributed by atoms with Crippen molar-refractivity contribution in [2.75, 3.05) is 0 Å². The van der Waals surface area contributed by atoms with Gasteiger partial charge in [-0.15, -0.1) is 0 Å². The van der Waals surface area contributed by atoms with Gasteiger partial charge in [-0.1, -0.05) is 0 Å². The molecule has 0 atom stereocenters. The third-order valence-electron chi connectivity index (χ3n) is 0. The van der Waals surface area contributed by atoms with Crippen LogP contribution in [0.25, 0.3) is 0 Å². The monoisotopic (exact) mass is 505 g/mol. The summed E-state index contributed by atoms with van der Waals surface area (Å²) < 4.78 is 0. The molecule has 0 aromatic carbocycles. The van der Waals surface area contributed by atoms with Gasteiger partial charge < -0.3 is 27.4 Å². The van der Waals surface area contributed by atoms with Gasteiger partial charge in [-0.2, -0.15) is 0 Å². The molecule has 0 amide bonds. The first kappa shape index (κ1) is 108. The summed E-state index contributed by atoms with van der Waals surface area (Å²) >= 11 is 0. The van der Waals surface area contributed by atoms with Gasteiger partial charge in [0.05, 0.1) is 0 Å². The molecule has 0 unspecified atom stereocenters. The summed E-state index contributed by atoms with van der Waals surface area (Å²) in [6.45, 7) is 0. The Bertz CT molecular complexity index is 16.9. The van der Waals surface area contributed by atoms with Crippen molar-refractivity contribution >= 4 is 48.9 Å². The van der Waals surface area contributed by atoms with Gasteiger partial charge in [-0.05, 0) is 0 Å². The van der Waals surface area contributed by atoms with E-state index in [9.17, 15) is 0 Å². The van der Waals surface area contributed by atoms with Gasteiger partial charge in [0.25, 0.3) is 0 Å². The summed E-state index contributed by atoms with van der Waals surface area (Å²) in [5.41, 5.74) is 0. The summed E-state index contributed by atoms with van der Waals surface area (Å²) in [7, 11) is 0. The van der Waals surface area contributed by atoms with Crippen molar-refractivity contribution in [3.8, 4) is 0 Å². The Balaban J connectivity index is 0. The van der Waals surface area contributed by atoms with Crippen LogP contribution in [0.3, 0.4) is 0 Å². The van der Waals surface area contributed by atoms with Gasteiger partial charge in [0, 0.05) is 0 Å². The average molecular weight is 505 g/mol. The van der Waals surface area contributed by atoms with Crippen LogP contribution in [0.1, 0.15) is 0 Å². The van der Waals surface area contributed by atoms with Crippen molar-refractivity contribution in [3.63, 3.8) is 0 Å². The van der Waals surface area contributed by atoms with E-state index in [1.165, 1.54) is 0 Å². The zero-order valence-corrected chi connectivity index (χ0v) is 15.5. The molecule has 0 aromatic rings. The van der Waals surface area contributed by atoms with E-state index >= 15 is 0 Å². The van der Waals surface area contributed by atoms with Crippen LogP contribution in [0.5, 0.6) is 0 Å². The Morgan fingerprint density at radius 3 is 0.556 bits per heavy atom. The zero-order valence-electron chi connectivity index (χ0n) is 4.14. The van der Waals surface area contributed by atoms with Crippen LogP contribution < -0.4 is 0 Å². The molecule has 9 heteroatoms. The van der Waals surface area contributed by atoms with E-state index in [1.54, 1.807) is 0 Å². The standard InChI is InChI=1S/Ba.Ce.Ni.5O.Y/q+2;+3;+2;5*-2;+3. The third-order valence-corrected chi connectivity index (χ3v) is 0. The second-order valence-electron chi connectivity index (χ2n) is 0. The van der Waals surface area contributed by atoms with E-state index < -0.39 is 0 Å². The van der Waals surface area contributed by atoms with E-state index in [4.69, 9.17) is 0 Å². The van der Waals surface area contributed by atoms with Gasteiger partial charge in [-0.3, -0.25) is 0 Å². The van der Waals surface area contributed by atoms with Crippen LogP contribution in [0, 0.1) is 41.7 Å². The maximum atomic E-state index is 0. The summed E-state index contributed by atoms with van der Waals surface area (Å²) in [5.74, 6) is 0. The SMILES string of the molecule is [Ba+2].[Ce+3].[Ni+2].[O-2].[O-2].[O-2].[O-2].[O-2].[Y+3]. The Morgan fingerprint density at radius 1 is 0.556 bits per heavy atom. The van der Waals surface area contributed by atoms with Crippen molar-refractivity contribution in [2.45, 2.75) is 0 Å². The first-order valence-corrected chi connectivity index (χ1v) is 0. The maximum Gasteiger partial charge on any atom is 3.00 e. The Morgan fingerprint density at radius 2 is 0.556 bits per heavy atom. The average Bonchev–Trinajstić information content (AvgIpc) is 0. The van der Waals surface area contributed by atoms with Crippen molar-refractivity contribution in [2.24, 2.45) is 0 Å². The topological polar surface area (TPSA) is 142 Å². The van der Waals surface area contributed by atoms with Gasteiger partial charge in [0.1, 0.15) is 0 Å². The third kappa shape index (κ3) is 70.0. The fourth-order valence-electron chi connectivity index (χ4n) is 0. The summed E-state index contributed by atoms with van der Waals surface area (Å²) in [4.78, 5) is 0. The molecule has 0 bridgehead atoms. The molecule has 0 N–H and O–H groups in total. The van der Waals surface area contributed by atoms with E-state index in [1.807, 2.05) is 0 Å². The second kappa shape index (κ2) is 84.2. The van der Waals surface area contributed by atoms with Crippen molar-refractivity contribution in [1.29, 1.82) is 0 Å². The van der Waals surface area contributed by atoms with Crippen LogP contribution in [0.4, 0.5) is 0 Å². The molecular weight excluding hydrogens is 505 g/mol. The smallest absolute Gasteiger partial charge is 2.00 e. The summed E-state index contributed by atoms with van der Waals surface area (Å²) in [5, 5.41) is 0. The normalized spacial score (nSPS) is 0. The van der Waals surface area contributed by atoms with Crippen molar-refractivity contribution in [3.05, 3.63) is 0 Å². The van der Waals surface area contributed by atoms with Crippen LogP contribution >= 0.6 is 0 Å². The predicted octanol–water partition coefficient (Wildman–Crippen LogP) is -0.980. The molecule has 0 aliphatic heterocycles. The van der Waals surface area contributed by atoms with E-state index in [2.05, 4.69) is 0 Å². The molecule has 0 aromatic heterocycles. The molecule has 0 fully saturated rings. The Kier molecular flexibility index (Phi) is 1010. The Labute approximate surface area is 163 Å². The second-order valence-corrected chi connectivity index (χ2v) is 0. The van der Waals surface area contributed by atoms with Gasteiger partial charge in [0.15, 0.2) is 0 Å². The zero-order chi connectivity index (χ0) is 0. The largest absolute Gasteiger partial charge is 3.00 e. The maximum absolute atomic E-state index is 0. The van der Waals surface area contributed by atoms with E-state index in [-0.39, 0.29) is 167 Å². The molecule has 5 nitrogen and oxygen atoms in total. The predicted molar refractivity (Wildman–Crippen MR) is 9.19 cm³/mol. The number of hydrogen-bond donors (Lipinski definition) is 0. The van der Waals surface area contributed by atoms with Gasteiger partial charge in [0.2, 0.25) is 0 Å².